The minimum Gasteiger partial charge on any atom is -0.346 e. The maximum absolute atomic E-state index is 12.8. The Morgan fingerprint density at radius 3 is 2.50 bits per heavy atom. The first-order chi connectivity index (χ1) is 14.2. The zero-order chi connectivity index (χ0) is 21.9. The largest absolute Gasteiger partial charge is 0.346 e. The third kappa shape index (κ3) is 5.06. The van der Waals surface area contributed by atoms with E-state index in [1.165, 1.54) is 12.1 Å². The molecule has 3 aromatic rings. The van der Waals surface area contributed by atoms with E-state index in [-0.39, 0.29) is 10.8 Å². The van der Waals surface area contributed by atoms with Gasteiger partial charge in [0.15, 0.2) is 0 Å². The molecule has 0 aliphatic carbocycles. The minimum atomic E-state index is -3.82. The van der Waals surface area contributed by atoms with Crippen LogP contribution in [-0.2, 0) is 16.6 Å². The molecule has 1 amide bonds. The summed E-state index contributed by atoms with van der Waals surface area (Å²) in [5.41, 5.74) is 3.13. The van der Waals surface area contributed by atoms with Crippen LogP contribution in [0.5, 0.6) is 0 Å². The SMILES string of the molecule is Cc1ccccc1NS(=O)(=O)c1ccc(C)c(C(=O)NCc2csc(C(C)C)n2)c1. The molecule has 0 unspecified atom stereocenters. The molecule has 2 aromatic carbocycles. The van der Waals surface area contributed by atoms with Crippen LogP contribution in [0.15, 0.2) is 52.7 Å². The maximum atomic E-state index is 12.8. The van der Waals surface area contributed by atoms with Gasteiger partial charge in [0.05, 0.1) is 27.8 Å². The van der Waals surface area contributed by atoms with Gasteiger partial charge >= 0.3 is 0 Å². The number of aryl methyl sites for hydroxylation is 2. The van der Waals surface area contributed by atoms with Gasteiger partial charge < -0.3 is 5.32 Å². The van der Waals surface area contributed by atoms with Gasteiger partial charge in [-0.05, 0) is 43.2 Å². The lowest BCUT2D eigenvalue weighted by atomic mass is 10.1. The monoisotopic (exact) mass is 443 g/mol. The van der Waals surface area contributed by atoms with Crippen LogP contribution in [0.3, 0.4) is 0 Å². The number of aromatic nitrogens is 1. The summed E-state index contributed by atoms with van der Waals surface area (Å²) in [5.74, 6) is 0.00359. The van der Waals surface area contributed by atoms with Crippen molar-refractivity contribution in [3.05, 3.63) is 75.2 Å². The molecule has 0 saturated heterocycles. The van der Waals surface area contributed by atoms with Crippen LogP contribution >= 0.6 is 11.3 Å². The molecule has 3 rings (SSSR count). The van der Waals surface area contributed by atoms with Gasteiger partial charge in [0.2, 0.25) is 0 Å². The third-order valence-electron chi connectivity index (χ3n) is 4.65. The Balaban J connectivity index is 1.78. The number of benzene rings is 2. The fourth-order valence-electron chi connectivity index (χ4n) is 2.84. The number of carbonyl (C=O) groups is 1. The number of nitrogens with one attached hydrogen (secondary N) is 2. The van der Waals surface area contributed by atoms with Gasteiger partial charge in [-0.2, -0.15) is 0 Å². The Morgan fingerprint density at radius 1 is 1.10 bits per heavy atom. The van der Waals surface area contributed by atoms with Crippen LogP contribution < -0.4 is 10.0 Å². The fraction of sp³-hybridized carbons (Fsp3) is 0.273. The summed E-state index contributed by atoms with van der Waals surface area (Å²) < 4.78 is 28.3. The van der Waals surface area contributed by atoms with E-state index in [9.17, 15) is 13.2 Å². The molecule has 30 heavy (non-hydrogen) atoms. The second-order valence-electron chi connectivity index (χ2n) is 7.41. The molecule has 0 fully saturated rings. The first kappa shape index (κ1) is 22.0. The van der Waals surface area contributed by atoms with E-state index in [1.54, 1.807) is 36.5 Å². The van der Waals surface area contributed by atoms with Crippen molar-refractivity contribution in [2.75, 3.05) is 4.72 Å². The number of nitrogens with zero attached hydrogens (tertiary/aromatic N) is 1. The number of thiazole rings is 1. The first-order valence-corrected chi connectivity index (χ1v) is 12.0. The normalized spacial score (nSPS) is 11.5. The van der Waals surface area contributed by atoms with Gasteiger partial charge in [-0.15, -0.1) is 11.3 Å². The van der Waals surface area contributed by atoms with E-state index in [1.807, 2.05) is 24.4 Å². The average molecular weight is 444 g/mol. The Hall–Kier alpha value is -2.71. The van der Waals surface area contributed by atoms with E-state index >= 15 is 0 Å². The second kappa shape index (κ2) is 8.97. The minimum absolute atomic E-state index is 0.0391. The molecule has 0 spiro atoms. The number of amides is 1. The quantitative estimate of drug-likeness (QED) is 0.558. The van der Waals surface area contributed by atoms with E-state index in [4.69, 9.17) is 0 Å². The van der Waals surface area contributed by atoms with E-state index in [0.29, 0.717) is 29.3 Å². The number of anilines is 1. The number of rotatable bonds is 7. The van der Waals surface area contributed by atoms with Gasteiger partial charge in [-0.25, -0.2) is 13.4 Å². The summed E-state index contributed by atoms with van der Waals surface area (Å²) in [6, 6.07) is 11.7. The molecule has 8 heteroatoms. The summed E-state index contributed by atoms with van der Waals surface area (Å²) in [4.78, 5) is 17.3. The summed E-state index contributed by atoms with van der Waals surface area (Å²) in [5, 5.41) is 5.78. The van der Waals surface area contributed by atoms with Crippen molar-refractivity contribution in [3.8, 4) is 0 Å². The third-order valence-corrected chi connectivity index (χ3v) is 7.20. The van der Waals surface area contributed by atoms with E-state index < -0.39 is 10.0 Å². The van der Waals surface area contributed by atoms with Gasteiger partial charge in [0, 0.05) is 16.9 Å². The molecule has 0 aliphatic rings. The Bertz CT molecular complexity index is 1170. The average Bonchev–Trinajstić information content (AvgIpc) is 3.17. The van der Waals surface area contributed by atoms with E-state index in [2.05, 4.69) is 28.9 Å². The van der Waals surface area contributed by atoms with Crippen LogP contribution in [0.25, 0.3) is 0 Å². The number of hydrogen-bond donors (Lipinski definition) is 2. The van der Waals surface area contributed by atoms with Crippen molar-refractivity contribution >= 4 is 33.0 Å². The molecule has 6 nitrogen and oxygen atoms in total. The lowest BCUT2D eigenvalue weighted by Crippen LogP contribution is -2.24. The topological polar surface area (TPSA) is 88.2 Å². The molecule has 0 radical (unpaired) electrons. The molecule has 2 N–H and O–H groups in total. The van der Waals surface area contributed by atoms with Crippen molar-refractivity contribution in [1.29, 1.82) is 0 Å². The number of hydrogen-bond acceptors (Lipinski definition) is 5. The molecule has 0 atom stereocenters. The van der Waals surface area contributed by atoms with Gasteiger partial charge in [-0.3, -0.25) is 9.52 Å². The Kier molecular flexibility index (Phi) is 6.58. The van der Waals surface area contributed by atoms with Crippen molar-refractivity contribution in [1.82, 2.24) is 10.3 Å². The molecule has 0 saturated carbocycles. The van der Waals surface area contributed by atoms with Crippen LogP contribution in [-0.4, -0.2) is 19.3 Å². The lowest BCUT2D eigenvalue weighted by Gasteiger charge is -2.13. The zero-order valence-electron chi connectivity index (χ0n) is 17.4. The molecule has 1 heterocycles. The summed E-state index contributed by atoms with van der Waals surface area (Å²) >= 11 is 1.57. The highest BCUT2D eigenvalue weighted by Crippen LogP contribution is 2.22. The zero-order valence-corrected chi connectivity index (χ0v) is 19.0. The maximum Gasteiger partial charge on any atom is 0.261 e. The predicted molar refractivity (Wildman–Crippen MR) is 121 cm³/mol. The van der Waals surface area contributed by atoms with Crippen LogP contribution in [0.2, 0.25) is 0 Å². The molecule has 0 aliphatic heterocycles. The van der Waals surface area contributed by atoms with Gasteiger partial charge in [0.25, 0.3) is 15.9 Å². The first-order valence-electron chi connectivity index (χ1n) is 9.59. The van der Waals surface area contributed by atoms with E-state index in [0.717, 1.165) is 16.3 Å². The summed E-state index contributed by atoms with van der Waals surface area (Å²) in [6.07, 6.45) is 0. The molecule has 1 aromatic heterocycles. The highest BCUT2D eigenvalue weighted by atomic mass is 32.2. The second-order valence-corrected chi connectivity index (χ2v) is 9.98. The summed E-state index contributed by atoms with van der Waals surface area (Å²) in [7, 11) is -3.82. The lowest BCUT2D eigenvalue weighted by molar-refractivity contribution is 0.0949. The highest BCUT2D eigenvalue weighted by Gasteiger charge is 2.19. The van der Waals surface area contributed by atoms with Crippen molar-refractivity contribution < 1.29 is 13.2 Å². The fourth-order valence-corrected chi connectivity index (χ4v) is 4.83. The standard InChI is InChI=1S/C22H25N3O3S2/c1-14(2)22-24-17(13-29-22)12-23-21(26)19-11-18(10-9-15(19)3)30(27,28)25-20-8-6-5-7-16(20)4/h5-11,13-14,25H,12H2,1-4H3,(H,23,26). The Morgan fingerprint density at radius 2 is 1.83 bits per heavy atom. The van der Waals surface area contributed by atoms with Crippen LogP contribution in [0.4, 0.5) is 5.69 Å². The number of para-hydroxylation sites is 1. The highest BCUT2D eigenvalue weighted by molar-refractivity contribution is 7.92. The predicted octanol–water partition coefficient (Wildman–Crippen LogP) is 4.61. The smallest absolute Gasteiger partial charge is 0.261 e. The summed E-state index contributed by atoms with van der Waals surface area (Å²) in [6.45, 7) is 8.04. The molecular weight excluding hydrogens is 418 g/mol. The van der Waals surface area contributed by atoms with Crippen LogP contribution in [0.1, 0.15) is 52.0 Å². The Labute approximate surface area is 181 Å². The molecular formula is C22H25N3O3S2. The molecule has 158 valence electrons. The van der Waals surface area contributed by atoms with Gasteiger partial charge in [-0.1, -0.05) is 38.1 Å². The number of sulfonamides is 1. The number of carbonyl (C=O) groups excluding carboxylic acids is 1. The van der Waals surface area contributed by atoms with Crippen molar-refractivity contribution in [3.63, 3.8) is 0 Å². The van der Waals surface area contributed by atoms with Crippen molar-refractivity contribution in [2.45, 2.75) is 45.1 Å². The van der Waals surface area contributed by atoms with Gasteiger partial charge in [0.1, 0.15) is 0 Å². The van der Waals surface area contributed by atoms with Crippen LogP contribution in [0, 0.1) is 13.8 Å². The van der Waals surface area contributed by atoms with Crippen molar-refractivity contribution in [2.24, 2.45) is 0 Å². The molecule has 0 bridgehead atoms.